The molecule has 0 aliphatic carbocycles. The van der Waals surface area contributed by atoms with Gasteiger partial charge < -0.3 is 4.74 Å². The van der Waals surface area contributed by atoms with Crippen LogP contribution in [-0.2, 0) is 10.0 Å². The van der Waals surface area contributed by atoms with Crippen molar-refractivity contribution in [2.24, 2.45) is 0 Å². The van der Waals surface area contributed by atoms with Crippen LogP contribution in [0.25, 0.3) is 0 Å². The summed E-state index contributed by atoms with van der Waals surface area (Å²) >= 11 is 0. The SMILES string of the molecule is CC(C)Oc1ccc(C(=O)NNS(=O)(=O)c2ccc(F)cc2)cc1. The third kappa shape index (κ3) is 4.77. The summed E-state index contributed by atoms with van der Waals surface area (Å²) in [5.41, 5.74) is 2.36. The minimum atomic E-state index is -3.98. The second-order valence-electron chi connectivity index (χ2n) is 5.20. The fourth-order valence-corrected chi connectivity index (χ4v) is 2.65. The molecule has 0 unspecified atom stereocenters. The lowest BCUT2D eigenvalue weighted by atomic mass is 10.2. The van der Waals surface area contributed by atoms with E-state index in [4.69, 9.17) is 4.74 Å². The maximum atomic E-state index is 12.8. The summed E-state index contributed by atoms with van der Waals surface area (Å²) in [6.07, 6.45) is 0.00666. The predicted molar refractivity (Wildman–Crippen MR) is 86.4 cm³/mol. The molecule has 24 heavy (non-hydrogen) atoms. The van der Waals surface area contributed by atoms with E-state index in [1.807, 2.05) is 18.7 Å². The highest BCUT2D eigenvalue weighted by Crippen LogP contribution is 2.14. The summed E-state index contributed by atoms with van der Waals surface area (Å²) in [5, 5.41) is 0. The van der Waals surface area contributed by atoms with E-state index >= 15 is 0 Å². The number of halogens is 1. The normalized spacial score (nSPS) is 11.3. The Labute approximate surface area is 139 Å². The second kappa shape index (κ2) is 7.41. The van der Waals surface area contributed by atoms with Gasteiger partial charge in [0.2, 0.25) is 0 Å². The van der Waals surface area contributed by atoms with Crippen molar-refractivity contribution >= 4 is 15.9 Å². The Balaban J connectivity index is 2.00. The van der Waals surface area contributed by atoms with Crippen molar-refractivity contribution in [1.29, 1.82) is 0 Å². The predicted octanol–water partition coefficient (Wildman–Crippen LogP) is 2.24. The number of hydrogen-bond acceptors (Lipinski definition) is 4. The number of benzene rings is 2. The van der Waals surface area contributed by atoms with Crippen LogP contribution in [0.5, 0.6) is 5.75 Å². The zero-order chi connectivity index (χ0) is 17.7. The minimum absolute atomic E-state index is 0.00666. The lowest BCUT2D eigenvalue weighted by Crippen LogP contribution is -2.41. The van der Waals surface area contributed by atoms with E-state index in [0.717, 1.165) is 24.3 Å². The zero-order valence-corrected chi connectivity index (χ0v) is 13.9. The molecule has 0 heterocycles. The molecule has 0 fully saturated rings. The van der Waals surface area contributed by atoms with Gasteiger partial charge in [-0.15, -0.1) is 4.83 Å². The van der Waals surface area contributed by atoms with Crippen molar-refractivity contribution in [3.63, 3.8) is 0 Å². The highest BCUT2D eigenvalue weighted by atomic mass is 32.2. The van der Waals surface area contributed by atoms with Crippen molar-refractivity contribution in [2.75, 3.05) is 0 Å². The Hall–Kier alpha value is -2.45. The topological polar surface area (TPSA) is 84.5 Å². The molecule has 8 heteroatoms. The maximum absolute atomic E-state index is 12.8. The smallest absolute Gasteiger partial charge is 0.266 e. The number of sulfonamides is 1. The molecule has 1 amide bonds. The summed E-state index contributed by atoms with van der Waals surface area (Å²) in [7, 11) is -3.98. The maximum Gasteiger partial charge on any atom is 0.266 e. The molecule has 6 nitrogen and oxygen atoms in total. The molecule has 0 aliphatic heterocycles. The largest absolute Gasteiger partial charge is 0.491 e. The molecule has 2 aromatic carbocycles. The van der Waals surface area contributed by atoms with Crippen LogP contribution in [0.3, 0.4) is 0 Å². The van der Waals surface area contributed by atoms with Gasteiger partial charge in [-0.25, -0.2) is 12.8 Å². The fourth-order valence-electron chi connectivity index (χ4n) is 1.82. The first-order chi connectivity index (χ1) is 11.3. The van der Waals surface area contributed by atoms with Crippen molar-refractivity contribution in [3.8, 4) is 5.75 Å². The molecule has 0 bridgehead atoms. The Kier molecular flexibility index (Phi) is 5.53. The molecule has 0 radical (unpaired) electrons. The molecule has 0 atom stereocenters. The van der Waals surface area contributed by atoms with E-state index in [9.17, 15) is 17.6 Å². The Morgan fingerprint density at radius 1 is 1.04 bits per heavy atom. The molecule has 0 saturated heterocycles. The molecule has 128 valence electrons. The highest BCUT2D eigenvalue weighted by molar-refractivity contribution is 7.89. The van der Waals surface area contributed by atoms with Gasteiger partial charge >= 0.3 is 0 Å². The minimum Gasteiger partial charge on any atom is -0.491 e. The Morgan fingerprint density at radius 3 is 2.17 bits per heavy atom. The van der Waals surface area contributed by atoms with E-state index in [0.29, 0.717) is 5.75 Å². The first-order valence-corrected chi connectivity index (χ1v) is 8.61. The number of carbonyl (C=O) groups excluding carboxylic acids is 1. The summed E-state index contributed by atoms with van der Waals surface area (Å²) in [6, 6.07) is 10.5. The number of carbonyl (C=O) groups is 1. The number of ether oxygens (including phenoxy) is 1. The second-order valence-corrected chi connectivity index (χ2v) is 6.89. The average molecular weight is 352 g/mol. The van der Waals surface area contributed by atoms with Crippen LogP contribution in [0.15, 0.2) is 53.4 Å². The lowest BCUT2D eigenvalue weighted by Gasteiger charge is -2.11. The van der Waals surface area contributed by atoms with Crippen molar-refractivity contribution in [1.82, 2.24) is 10.3 Å². The van der Waals surface area contributed by atoms with Gasteiger partial charge in [-0.3, -0.25) is 10.2 Å². The Morgan fingerprint density at radius 2 is 1.62 bits per heavy atom. The van der Waals surface area contributed by atoms with Crippen molar-refractivity contribution in [2.45, 2.75) is 24.8 Å². The molecular weight excluding hydrogens is 335 g/mol. The van der Waals surface area contributed by atoms with Gasteiger partial charge in [0, 0.05) is 5.56 Å². The van der Waals surface area contributed by atoms with Gasteiger partial charge in [0.25, 0.3) is 15.9 Å². The highest BCUT2D eigenvalue weighted by Gasteiger charge is 2.15. The molecule has 0 aliphatic rings. The number of rotatable bonds is 6. The summed E-state index contributed by atoms with van der Waals surface area (Å²) in [6.45, 7) is 3.76. The zero-order valence-electron chi connectivity index (χ0n) is 13.1. The number of amides is 1. The molecule has 2 N–H and O–H groups in total. The molecular formula is C16H17FN2O4S. The van der Waals surface area contributed by atoms with Gasteiger partial charge in [0.05, 0.1) is 11.0 Å². The third-order valence-electron chi connectivity index (χ3n) is 2.91. The molecule has 0 saturated carbocycles. The number of hydrazine groups is 1. The van der Waals surface area contributed by atoms with Crippen LogP contribution in [0.2, 0.25) is 0 Å². The monoisotopic (exact) mass is 352 g/mol. The van der Waals surface area contributed by atoms with Crippen LogP contribution in [0, 0.1) is 5.82 Å². The van der Waals surface area contributed by atoms with Gasteiger partial charge in [-0.1, -0.05) is 0 Å². The van der Waals surface area contributed by atoms with E-state index in [1.54, 1.807) is 12.1 Å². The summed E-state index contributed by atoms with van der Waals surface area (Å²) in [5.74, 6) is -0.577. The molecule has 2 rings (SSSR count). The van der Waals surface area contributed by atoms with E-state index in [1.165, 1.54) is 12.1 Å². The van der Waals surface area contributed by atoms with Crippen LogP contribution < -0.4 is 15.0 Å². The van der Waals surface area contributed by atoms with Crippen LogP contribution >= 0.6 is 0 Å². The standard InChI is InChI=1S/C16H17FN2O4S/c1-11(2)23-14-7-3-12(4-8-14)16(20)18-19-24(21,22)15-9-5-13(17)6-10-15/h3-11,19H,1-2H3,(H,18,20). The average Bonchev–Trinajstić information content (AvgIpc) is 2.53. The van der Waals surface area contributed by atoms with Gasteiger partial charge in [-0.05, 0) is 62.4 Å². The van der Waals surface area contributed by atoms with Gasteiger partial charge in [0.15, 0.2) is 0 Å². The summed E-state index contributed by atoms with van der Waals surface area (Å²) < 4.78 is 42.3. The first-order valence-electron chi connectivity index (χ1n) is 7.12. The van der Waals surface area contributed by atoms with E-state index < -0.39 is 21.7 Å². The molecule has 0 spiro atoms. The summed E-state index contributed by atoms with van der Waals surface area (Å²) in [4.78, 5) is 13.8. The van der Waals surface area contributed by atoms with E-state index in [-0.39, 0.29) is 16.6 Å². The van der Waals surface area contributed by atoms with Gasteiger partial charge in [0.1, 0.15) is 11.6 Å². The fraction of sp³-hybridized carbons (Fsp3) is 0.188. The van der Waals surface area contributed by atoms with Crippen molar-refractivity contribution in [3.05, 3.63) is 59.9 Å². The molecule has 0 aromatic heterocycles. The molecule has 2 aromatic rings. The Bertz CT molecular complexity index is 803. The van der Waals surface area contributed by atoms with Gasteiger partial charge in [-0.2, -0.15) is 0 Å². The van der Waals surface area contributed by atoms with Crippen molar-refractivity contribution < 1.29 is 22.3 Å². The van der Waals surface area contributed by atoms with E-state index in [2.05, 4.69) is 5.43 Å². The van der Waals surface area contributed by atoms with Crippen LogP contribution in [0.4, 0.5) is 4.39 Å². The quantitative estimate of drug-likeness (QED) is 0.781. The first kappa shape index (κ1) is 17.9. The van der Waals surface area contributed by atoms with Crippen LogP contribution in [0.1, 0.15) is 24.2 Å². The van der Waals surface area contributed by atoms with Crippen LogP contribution in [-0.4, -0.2) is 20.4 Å². The lowest BCUT2D eigenvalue weighted by molar-refractivity contribution is 0.0945. The number of nitrogens with one attached hydrogen (secondary N) is 2. The third-order valence-corrected chi connectivity index (χ3v) is 4.17. The number of hydrogen-bond donors (Lipinski definition) is 2.